The minimum atomic E-state index is 0. The summed E-state index contributed by atoms with van der Waals surface area (Å²) in [6, 6.07) is 0.513. The highest BCUT2D eigenvalue weighted by molar-refractivity contribution is 14.0. The first-order chi connectivity index (χ1) is 14.7. The van der Waals surface area contributed by atoms with Crippen molar-refractivity contribution in [3.63, 3.8) is 0 Å². The van der Waals surface area contributed by atoms with Gasteiger partial charge in [0.25, 0.3) is 0 Å². The van der Waals surface area contributed by atoms with Crippen molar-refractivity contribution in [2.24, 2.45) is 16.8 Å². The lowest BCUT2D eigenvalue weighted by Crippen LogP contribution is -2.53. The third kappa shape index (κ3) is 7.19. The molecule has 2 heterocycles. The van der Waals surface area contributed by atoms with E-state index < -0.39 is 0 Å². The molecule has 1 unspecified atom stereocenters. The summed E-state index contributed by atoms with van der Waals surface area (Å²) in [7, 11) is 1.87. The molecule has 0 radical (unpaired) electrons. The Bertz CT molecular complexity index is 585. The third-order valence-electron chi connectivity index (χ3n) is 7.69. The molecule has 0 aromatic carbocycles. The van der Waals surface area contributed by atoms with Crippen LogP contribution in [0.25, 0.3) is 0 Å². The maximum absolute atomic E-state index is 12.4. The second kappa shape index (κ2) is 12.6. The largest absolute Gasteiger partial charge is 0.355 e. The van der Waals surface area contributed by atoms with Crippen LogP contribution in [0.4, 0.5) is 0 Å². The van der Waals surface area contributed by atoms with E-state index in [9.17, 15) is 4.79 Å². The summed E-state index contributed by atoms with van der Waals surface area (Å²) in [6.07, 6.45) is 10.4. The Morgan fingerprint density at radius 3 is 2.32 bits per heavy atom. The van der Waals surface area contributed by atoms with Gasteiger partial charge in [0.05, 0.1) is 0 Å². The molecule has 0 spiro atoms. The number of hydrogen-bond acceptors (Lipinski definition) is 4. The summed E-state index contributed by atoms with van der Waals surface area (Å²) in [5.41, 5.74) is 0. The van der Waals surface area contributed by atoms with Crippen LogP contribution in [-0.2, 0) is 4.79 Å². The lowest BCUT2D eigenvalue weighted by atomic mass is 9.84. The van der Waals surface area contributed by atoms with E-state index in [2.05, 4.69) is 30.3 Å². The number of nitrogens with one attached hydrogen (secondary N) is 2. The Hall–Kier alpha value is -0.610. The maximum atomic E-state index is 12.4. The van der Waals surface area contributed by atoms with Crippen LogP contribution in [0.2, 0.25) is 0 Å². The highest BCUT2D eigenvalue weighted by Gasteiger charge is 2.31. The molecule has 1 amide bonds. The highest BCUT2D eigenvalue weighted by atomic mass is 127. The minimum Gasteiger partial charge on any atom is -0.355 e. The quantitative estimate of drug-likeness (QED) is 0.291. The topological polar surface area (TPSA) is 63.2 Å². The number of hydrogen-bond donors (Lipinski definition) is 2. The average molecular weight is 547 g/mol. The molecule has 0 aromatic rings. The zero-order valence-electron chi connectivity index (χ0n) is 19.4. The summed E-state index contributed by atoms with van der Waals surface area (Å²) in [4.78, 5) is 24.0. The van der Waals surface area contributed by atoms with Gasteiger partial charge in [0.15, 0.2) is 5.96 Å². The summed E-state index contributed by atoms with van der Waals surface area (Å²) >= 11 is 0. The Morgan fingerprint density at radius 1 is 0.935 bits per heavy atom. The van der Waals surface area contributed by atoms with Gasteiger partial charge in [0.1, 0.15) is 0 Å². The highest BCUT2D eigenvalue weighted by Crippen LogP contribution is 2.28. The molecule has 4 rings (SSSR count). The van der Waals surface area contributed by atoms with Gasteiger partial charge in [-0.3, -0.25) is 14.7 Å². The van der Waals surface area contributed by atoms with Crippen LogP contribution < -0.4 is 10.6 Å². The Balaban J connectivity index is 0.00000272. The fraction of sp³-hybridized carbons (Fsp3) is 0.913. The van der Waals surface area contributed by atoms with Crippen molar-refractivity contribution in [2.45, 2.75) is 57.4 Å². The normalized spacial score (nSPS) is 26.5. The van der Waals surface area contributed by atoms with Crippen molar-refractivity contribution in [3.05, 3.63) is 0 Å². The second-order valence-corrected chi connectivity index (χ2v) is 9.83. The average Bonchev–Trinajstić information content (AvgIpc) is 3.39. The molecule has 2 aliphatic carbocycles. The number of carbonyl (C=O) groups excluding carboxylic acids is 1. The Kier molecular flexibility index (Phi) is 10.2. The number of carbonyl (C=O) groups is 1. The van der Waals surface area contributed by atoms with Gasteiger partial charge in [-0.15, -0.1) is 24.0 Å². The second-order valence-electron chi connectivity index (χ2n) is 9.83. The molecule has 2 aliphatic heterocycles. The van der Waals surface area contributed by atoms with Crippen LogP contribution in [0.5, 0.6) is 0 Å². The molecule has 8 heteroatoms. The molecule has 7 nitrogen and oxygen atoms in total. The first-order valence-electron chi connectivity index (χ1n) is 12.4. The molecule has 2 saturated heterocycles. The van der Waals surface area contributed by atoms with Gasteiger partial charge in [-0.05, 0) is 38.0 Å². The first-order valence-corrected chi connectivity index (χ1v) is 12.4. The van der Waals surface area contributed by atoms with Gasteiger partial charge in [-0.2, -0.15) is 0 Å². The number of likely N-dealkylation sites (tertiary alicyclic amines) is 1. The van der Waals surface area contributed by atoms with E-state index in [-0.39, 0.29) is 24.0 Å². The van der Waals surface area contributed by atoms with Crippen molar-refractivity contribution in [2.75, 3.05) is 66.0 Å². The molecule has 4 fully saturated rings. The summed E-state index contributed by atoms with van der Waals surface area (Å²) < 4.78 is 0. The number of nitrogens with zero attached hydrogens (tertiary/aromatic N) is 4. The number of aliphatic imine (C=N–C) groups is 1. The van der Waals surface area contributed by atoms with Crippen LogP contribution >= 0.6 is 24.0 Å². The van der Waals surface area contributed by atoms with Gasteiger partial charge in [-0.25, -0.2) is 0 Å². The summed E-state index contributed by atoms with van der Waals surface area (Å²) in [5, 5.41) is 7.13. The smallest absolute Gasteiger partial charge is 0.225 e. The van der Waals surface area contributed by atoms with E-state index in [4.69, 9.17) is 0 Å². The molecule has 0 aromatic heterocycles. The van der Waals surface area contributed by atoms with E-state index in [1.807, 2.05) is 7.05 Å². The predicted molar refractivity (Wildman–Crippen MR) is 137 cm³/mol. The zero-order chi connectivity index (χ0) is 20.8. The van der Waals surface area contributed by atoms with E-state index in [1.54, 1.807) is 0 Å². The SMILES string of the molecule is CN=C(NCCN1CCN(C(=O)C2CCC2)CC1)NC1CCN(CC2CCCC2)C1.I. The third-order valence-corrected chi connectivity index (χ3v) is 7.69. The maximum Gasteiger partial charge on any atom is 0.225 e. The van der Waals surface area contributed by atoms with Crippen molar-refractivity contribution >= 4 is 35.8 Å². The summed E-state index contributed by atoms with van der Waals surface area (Å²) in [5.74, 6) is 2.60. The number of amides is 1. The Labute approximate surface area is 205 Å². The number of halogens is 1. The van der Waals surface area contributed by atoms with Crippen LogP contribution in [0.3, 0.4) is 0 Å². The zero-order valence-corrected chi connectivity index (χ0v) is 21.7. The van der Waals surface area contributed by atoms with Crippen molar-refractivity contribution in [1.29, 1.82) is 0 Å². The van der Waals surface area contributed by atoms with Gasteiger partial charge in [0.2, 0.25) is 5.91 Å². The van der Waals surface area contributed by atoms with Gasteiger partial charge in [0, 0.05) is 77.9 Å². The molecule has 1 atom stereocenters. The van der Waals surface area contributed by atoms with Gasteiger partial charge in [-0.1, -0.05) is 19.3 Å². The molecule has 4 aliphatic rings. The van der Waals surface area contributed by atoms with Gasteiger partial charge < -0.3 is 20.4 Å². The standard InChI is InChI=1S/C23H42N6O.HI/c1-24-23(26-21-9-11-28(18-21)17-19-5-2-3-6-19)25-10-12-27-13-15-29(16-14-27)22(30)20-7-4-8-20;/h19-21H,2-18H2,1H3,(H2,24,25,26);1H. The van der Waals surface area contributed by atoms with Crippen LogP contribution in [-0.4, -0.2) is 98.6 Å². The fourth-order valence-electron chi connectivity index (χ4n) is 5.50. The van der Waals surface area contributed by atoms with Crippen LogP contribution in [0.15, 0.2) is 4.99 Å². The van der Waals surface area contributed by atoms with Crippen molar-refractivity contribution in [1.82, 2.24) is 25.3 Å². The minimum absolute atomic E-state index is 0. The molecule has 0 bridgehead atoms. The molecular weight excluding hydrogens is 503 g/mol. The number of piperazine rings is 1. The van der Waals surface area contributed by atoms with E-state index >= 15 is 0 Å². The molecule has 2 N–H and O–H groups in total. The van der Waals surface area contributed by atoms with Crippen LogP contribution in [0, 0.1) is 11.8 Å². The molecule has 31 heavy (non-hydrogen) atoms. The Morgan fingerprint density at radius 2 is 1.68 bits per heavy atom. The monoisotopic (exact) mass is 546 g/mol. The fourth-order valence-corrected chi connectivity index (χ4v) is 5.50. The number of guanidine groups is 1. The molecule has 2 saturated carbocycles. The van der Waals surface area contributed by atoms with Crippen LogP contribution in [0.1, 0.15) is 51.4 Å². The first kappa shape index (κ1) is 25.0. The lowest BCUT2D eigenvalue weighted by molar-refractivity contribution is -0.139. The van der Waals surface area contributed by atoms with E-state index in [1.165, 1.54) is 51.6 Å². The predicted octanol–water partition coefficient (Wildman–Crippen LogP) is 1.98. The number of rotatable bonds is 7. The van der Waals surface area contributed by atoms with Gasteiger partial charge >= 0.3 is 0 Å². The van der Waals surface area contributed by atoms with Crippen molar-refractivity contribution < 1.29 is 4.79 Å². The summed E-state index contributed by atoms with van der Waals surface area (Å²) in [6.45, 7) is 9.32. The lowest BCUT2D eigenvalue weighted by Gasteiger charge is -2.38. The molecular formula is C23H43IN6O. The van der Waals surface area contributed by atoms with Crippen molar-refractivity contribution in [3.8, 4) is 0 Å². The molecule has 178 valence electrons. The van der Waals surface area contributed by atoms with E-state index in [0.29, 0.717) is 17.9 Å². The van der Waals surface area contributed by atoms with E-state index in [0.717, 1.165) is 70.5 Å².